The minimum absolute atomic E-state index is 0.0591. The van der Waals surface area contributed by atoms with Crippen LogP contribution in [0.1, 0.15) is 59.7 Å². The molecule has 2 aromatic rings. The number of anilines is 1. The van der Waals surface area contributed by atoms with Gasteiger partial charge < -0.3 is 15.2 Å². The number of carbonyl (C=O) groups excluding carboxylic acids is 1. The number of benzene rings is 2. The normalized spacial score (nSPS) is 10.3. The van der Waals surface area contributed by atoms with Crippen molar-refractivity contribution in [3.8, 4) is 5.75 Å². The van der Waals surface area contributed by atoms with Gasteiger partial charge >= 0.3 is 5.97 Å². The molecule has 0 aromatic heterocycles. The number of aromatic carboxylic acids is 1. The van der Waals surface area contributed by atoms with Crippen molar-refractivity contribution in [2.24, 2.45) is 0 Å². The second-order valence-electron chi connectivity index (χ2n) is 6.09. The molecule has 0 aliphatic carbocycles. The molecule has 0 bridgehead atoms. The van der Waals surface area contributed by atoms with E-state index in [0.29, 0.717) is 12.2 Å². The van der Waals surface area contributed by atoms with Gasteiger partial charge in [-0.3, -0.25) is 4.79 Å². The summed E-state index contributed by atoms with van der Waals surface area (Å²) in [5.74, 6) is -0.712. The average molecular weight is 355 g/mol. The number of carboxylic acid groups (broad SMARTS) is 1. The van der Waals surface area contributed by atoms with Crippen molar-refractivity contribution in [3.63, 3.8) is 0 Å². The van der Waals surface area contributed by atoms with E-state index in [1.165, 1.54) is 25.3 Å². The Kier molecular flexibility index (Phi) is 7.68. The first-order valence-corrected chi connectivity index (χ1v) is 8.98. The smallest absolute Gasteiger partial charge is 0.337 e. The van der Waals surface area contributed by atoms with Crippen molar-refractivity contribution in [3.05, 3.63) is 59.7 Å². The lowest BCUT2D eigenvalue weighted by Gasteiger charge is -2.09. The standard InChI is InChI=1S/C21H25NO4/c1-2-3-4-5-8-15-26-17-13-11-16(12-14-17)20(23)22-19-10-7-6-9-18(19)21(24)25/h6-7,9-14H,2-5,8,15H2,1H3,(H,22,23)(H,24,25). The Labute approximate surface area is 154 Å². The highest BCUT2D eigenvalue weighted by molar-refractivity contribution is 6.07. The summed E-state index contributed by atoms with van der Waals surface area (Å²) >= 11 is 0. The summed E-state index contributed by atoms with van der Waals surface area (Å²) in [6.45, 7) is 2.86. The van der Waals surface area contributed by atoms with Crippen LogP contribution in [0, 0.1) is 0 Å². The summed E-state index contributed by atoms with van der Waals surface area (Å²) in [6, 6.07) is 13.2. The highest BCUT2D eigenvalue weighted by Gasteiger charge is 2.13. The summed E-state index contributed by atoms with van der Waals surface area (Å²) < 4.78 is 5.68. The van der Waals surface area contributed by atoms with Gasteiger partial charge in [-0.15, -0.1) is 0 Å². The molecule has 1 amide bonds. The lowest BCUT2D eigenvalue weighted by Crippen LogP contribution is -2.14. The summed E-state index contributed by atoms with van der Waals surface area (Å²) in [5, 5.41) is 11.8. The third kappa shape index (κ3) is 5.92. The van der Waals surface area contributed by atoms with Crippen LogP contribution in [0.15, 0.2) is 48.5 Å². The Hall–Kier alpha value is -2.82. The first-order chi connectivity index (χ1) is 12.6. The fraction of sp³-hybridized carbons (Fsp3) is 0.333. The Balaban J connectivity index is 1.88. The van der Waals surface area contributed by atoms with E-state index in [9.17, 15) is 9.59 Å². The van der Waals surface area contributed by atoms with Gasteiger partial charge in [0.05, 0.1) is 17.9 Å². The zero-order chi connectivity index (χ0) is 18.8. The Morgan fingerprint density at radius 1 is 0.962 bits per heavy atom. The third-order valence-electron chi connectivity index (χ3n) is 4.04. The first-order valence-electron chi connectivity index (χ1n) is 8.98. The van der Waals surface area contributed by atoms with Crippen LogP contribution >= 0.6 is 0 Å². The summed E-state index contributed by atoms with van der Waals surface area (Å²) in [4.78, 5) is 23.5. The molecule has 0 radical (unpaired) electrons. The molecular formula is C21H25NO4. The number of para-hydroxylation sites is 1. The monoisotopic (exact) mass is 355 g/mol. The van der Waals surface area contributed by atoms with Gasteiger partial charge in [0.1, 0.15) is 5.75 Å². The van der Waals surface area contributed by atoms with E-state index in [0.717, 1.165) is 18.6 Å². The molecule has 0 aliphatic rings. The van der Waals surface area contributed by atoms with Crippen LogP contribution in [0.4, 0.5) is 5.69 Å². The van der Waals surface area contributed by atoms with Gasteiger partial charge in [0.15, 0.2) is 0 Å². The largest absolute Gasteiger partial charge is 0.494 e. The summed E-state index contributed by atoms with van der Waals surface area (Å²) in [5.41, 5.74) is 0.779. The molecule has 0 aliphatic heterocycles. The van der Waals surface area contributed by atoms with Crippen molar-refractivity contribution in [2.75, 3.05) is 11.9 Å². The van der Waals surface area contributed by atoms with Crippen molar-refractivity contribution < 1.29 is 19.4 Å². The van der Waals surface area contributed by atoms with Crippen LogP contribution in [-0.2, 0) is 0 Å². The van der Waals surface area contributed by atoms with Gasteiger partial charge in [0.2, 0.25) is 0 Å². The number of carbonyl (C=O) groups is 2. The van der Waals surface area contributed by atoms with Crippen molar-refractivity contribution >= 4 is 17.6 Å². The number of nitrogens with one attached hydrogen (secondary N) is 1. The van der Waals surface area contributed by atoms with Gasteiger partial charge in [-0.2, -0.15) is 0 Å². The van der Waals surface area contributed by atoms with Crippen LogP contribution in [0.5, 0.6) is 5.75 Å². The molecule has 0 saturated carbocycles. The number of carboxylic acids is 1. The maximum atomic E-state index is 12.3. The quantitative estimate of drug-likeness (QED) is 0.589. The fourth-order valence-corrected chi connectivity index (χ4v) is 2.57. The second-order valence-corrected chi connectivity index (χ2v) is 6.09. The van der Waals surface area contributed by atoms with Crippen LogP contribution in [0.2, 0.25) is 0 Å². The molecule has 2 N–H and O–H groups in total. The van der Waals surface area contributed by atoms with Crippen molar-refractivity contribution in [1.29, 1.82) is 0 Å². The molecule has 0 unspecified atom stereocenters. The highest BCUT2D eigenvalue weighted by Crippen LogP contribution is 2.18. The SMILES string of the molecule is CCCCCCCOc1ccc(C(=O)Nc2ccccc2C(=O)O)cc1. The molecule has 2 rings (SSSR count). The van der Waals surface area contributed by atoms with Crippen LogP contribution in [0.25, 0.3) is 0 Å². The topological polar surface area (TPSA) is 75.6 Å². The predicted molar refractivity (Wildman–Crippen MR) is 102 cm³/mol. The molecule has 0 saturated heterocycles. The molecule has 5 heteroatoms. The van der Waals surface area contributed by atoms with Crippen molar-refractivity contribution in [2.45, 2.75) is 39.0 Å². The molecule has 0 atom stereocenters. The first kappa shape index (κ1) is 19.5. The average Bonchev–Trinajstić information content (AvgIpc) is 2.65. The minimum atomic E-state index is -1.08. The lowest BCUT2D eigenvalue weighted by atomic mass is 10.1. The molecule has 138 valence electrons. The molecule has 2 aromatic carbocycles. The second kappa shape index (κ2) is 10.2. The Morgan fingerprint density at radius 3 is 2.35 bits per heavy atom. The summed E-state index contributed by atoms with van der Waals surface area (Å²) in [6.07, 6.45) is 5.90. The predicted octanol–water partition coefficient (Wildman–Crippen LogP) is 4.99. The van der Waals surface area contributed by atoms with Crippen LogP contribution in [-0.4, -0.2) is 23.6 Å². The minimum Gasteiger partial charge on any atom is -0.494 e. The van der Waals surface area contributed by atoms with Gasteiger partial charge in [-0.05, 0) is 42.8 Å². The van der Waals surface area contributed by atoms with E-state index in [4.69, 9.17) is 9.84 Å². The van der Waals surface area contributed by atoms with E-state index < -0.39 is 5.97 Å². The van der Waals surface area contributed by atoms with E-state index in [1.807, 2.05) is 0 Å². The number of unbranched alkanes of at least 4 members (excludes halogenated alkanes) is 4. The lowest BCUT2D eigenvalue weighted by molar-refractivity contribution is 0.0698. The van der Waals surface area contributed by atoms with Crippen LogP contribution < -0.4 is 10.1 Å². The number of hydrogen-bond donors (Lipinski definition) is 2. The Morgan fingerprint density at radius 2 is 1.65 bits per heavy atom. The van der Waals surface area contributed by atoms with Gasteiger partial charge in [-0.25, -0.2) is 4.79 Å². The maximum absolute atomic E-state index is 12.3. The van der Waals surface area contributed by atoms with E-state index in [2.05, 4.69) is 12.2 Å². The number of amides is 1. The third-order valence-corrected chi connectivity index (χ3v) is 4.04. The van der Waals surface area contributed by atoms with E-state index >= 15 is 0 Å². The maximum Gasteiger partial charge on any atom is 0.337 e. The number of rotatable bonds is 10. The van der Waals surface area contributed by atoms with E-state index in [-0.39, 0.29) is 17.2 Å². The van der Waals surface area contributed by atoms with Gasteiger partial charge in [0.25, 0.3) is 5.91 Å². The molecule has 0 heterocycles. The summed E-state index contributed by atoms with van der Waals surface area (Å²) in [7, 11) is 0. The molecule has 5 nitrogen and oxygen atoms in total. The highest BCUT2D eigenvalue weighted by atomic mass is 16.5. The zero-order valence-electron chi connectivity index (χ0n) is 15.0. The molecule has 0 spiro atoms. The number of hydrogen-bond acceptors (Lipinski definition) is 3. The zero-order valence-corrected chi connectivity index (χ0v) is 15.0. The van der Waals surface area contributed by atoms with Crippen LogP contribution in [0.3, 0.4) is 0 Å². The van der Waals surface area contributed by atoms with Crippen molar-refractivity contribution in [1.82, 2.24) is 0 Å². The van der Waals surface area contributed by atoms with Gasteiger partial charge in [0, 0.05) is 5.56 Å². The molecule has 0 fully saturated rings. The van der Waals surface area contributed by atoms with E-state index in [1.54, 1.807) is 42.5 Å². The fourth-order valence-electron chi connectivity index (χ4n) is 2.57. The number of ether oxygens (including phenoxy) is 1. The van der Waals surface area contributed by atoms with Gasteiger partial charge in [-0.1, -0.05) is 44.7 Å². The molecule has 26 heavy (non-hydrogen) atoms. The Bertz CT molecular complexity index is 725. The molecular weight excluding hydrogens is 330 g/mol.